The molecule has 16 heteroatoms. The van der Waals surface area contributed by atoms with Gasteiger partial charge in [0, 0.05) is 23.1 Å². The maximum atomic E-state index is 15.2. The van der Waals surface area contributed by atoms with Crippen LogP contribution in [0.5, 0.6) is 0 Å². The first-order chi connectivity index (χ1) is 22.8. The third-order valence-electron chi connectivity index (χ3n) is 8.62. The fraction of sp³-hybridized carbons (Fsp3) is 0.281. The summed E-state index contributed by atoms with van der Waals surface area (Å²) in [5, 5.41) is 13.3. The number of nitrogens with zero attached hydrogens (tertiary/aromatic N) is 4. The highest BCUT2D eigenvalue weighted by atomic mass is 35.5. The Balaban J connectivity index is 1.32. The molecule has 1 fully saturated rings. The Morgan fingerprint density at radius 3 is 2.58 bits per heavy atom. The molecule has 2 N–H and O–H groups in total. The highest BCUT2D eigenvalue weighted by Crippen LogP contribution is 2.68. The molecule has 0 bridgehead atoms. The number of carbonyl (C=O) groups excluding carboxylic acids is 2. The van der Waals surface area contributed by atoms with Gasteiger partial charge in [-0.1, -0.05) is 17.7 Å². The first kappa shape index (κ1) is 31.7. The van der Waals surface area contributed by atoms with Crippen molar-refractivity contribution in [1.82, 2.24) is 30.3 Å². The topological polar surface area (TPSA) is 115 Å². The van der Waals surface area contributed by atoms with Crippen LogP contribution in [0.3, 0.4) is 0 Å². The summed E-state index contributed by atoms with van der Waals surface area (Å²) < 4.78 is 92.1. The van der Waals surface area contributed by atoms with Crippen molar-refractivity contribution in [1.29, 1.82) is 0 Å². The number of aromatic nitrogens is 5. The van der Waals surface area contributed by atoms with Crippen molar-refractivity contribution in [2.45, 2.75) is 43.7 Å². The zero-order valence-electron chi connectivity index (χ0n) is 24.7. The number of ether oxygens (including phenoxy) is 1. The Labute approximate surface area is 272 Å². The maximum Gasteiger partial charge on any atom is 0.339 e. The van der Waals surface area contributed by atoms with Gasteiger partial charge in [0.1, 0.15) is 35.1 Å². The summed E-state index contributed by atoms with van der Waals surface area (Å²) in [6.07, 6.45) is -1.92. The van der Waals surface area contributed by atoms with Gasteiger partial charge in [-0.25, -0.2) is 27.3 Å². The van der Waals surface area contributed by atoms with Crippen molar-refractivity contribution in [3.63, 3.8) is 0 Å². The number of aromatic amines is 1. The van der Waals surface area contributed by atoms with E-state index in [-0.39, 0.29) is 40.2 Å². The molecule has 3 atom stereocenters. The predicted molar refractivity (Wildman–Crippen MR) is 159 cm³/mol. The second-order valence-electron chi connectivity index (χ2n) is 11.7. The molecule has 2 aliphatic carbocycles. The Bertz CT molecular complexity index is 2100. The fourth-order valence-electron chi connectivity index (χ4n) is 6.48. The molecule has 48 heavy (non-hydrogen) atoms. The SMILES string of the molecule is COC(=O)c1cc(-c2cc3[nH]ncc3nc2C(Cc2cc(F)cc(F)c2)NC(=O)Cn2nc(C(F)F)c3c2C(F)(F)[C@@H]2C[C@H]32)ccc1Cl. The number of hydrogen-bond acceptors (Lipinski definition) is 6. The molecule has 5 aromatic rings. The van der Waals surface area contributed by atoms with E-state index in [4.69, 9.17) is 16.3 Å². The predicted octanol–water partition coefficient (Wildman–Crippen LogP) is 6.79. The standard InChI is InChI=1S/C32H23ClF6N6O3/c1-48-31(47)19-7-14(2-3-21(19)33)17-10-22-24(11-40-43-22)42-27(17)23(6-13-4-15(34)8-16(35)5-13)41-25(46)12-45-29-26(28(44-45)30(36)37)18-9-20(18)32(29,38)39/h2-5,7-8,10-11,18,20,23,30H,6,9,12H2,1H3,(H,40,43)(H,41,46)/t18-,20+,23?/m0/s1. The van der Waals surface area contributed by atoms with E-state index in [9.17, 15) is 27.2 Å². The van der Waals surface area contributed by atoms with Gasteiger partial charge in [-0.15, -0.1) is 0 Å². The van der Waals surface area contributed by atoms with Gasteiger partial charge < -0.3 is 10.1 Å². The Kier molecular flexibility index (Phi) is 7.68. The first-order valence-electron chi connectivity index (χ1n) is 14.6. The van der Waals surface area contributed by atoms with E-state index in [1.54, 1.807) is 12.1 Å². The Morgan fingerprint density at radius 2 is 1.88 bits per heavy atom. The van der Waals surface area contributed by atoms with Gasteiger partial charge >= 0.3 is 5.97 Å². The number of pyridine rings is 1. The fourth-order valence-corrected chi connectivity index (χ4v) is 6.68. The van der Waals surface area contributed by atoms with Crippen LogP contribution in [0.25, 0.3) is 22.2 Å². The van der Waals surface area contributed by atoms with Gasteiger partial charge in [-0.05, 0) is 60.2 Å². The average molecular weight is 689 g/mol. The van der Waals surface area contributed by atoms with E-state index in [0.29, 0.717) is 32.9 Å². The van der Waals surface area contributed by atoms with E-state index in [1.807, 2.05) is 0 Å². The van der Waals surface area contributed by atoms with Crippen LogP contribution in [0.15, 0.2) is 48.7 Å². The van der Waals surface area contributed by atoms with Crippen molar-refractivity contribution in [2.24, 2.45) is 5.92 Å². The molecule has 0 spiro atoms. The van der Waals surface area contributed by atoms with Crippen LogP contribution in [0, 0.1) is 17.6 Å². The van der Waals surface area contributed by atoms with E-state index < -0.39 is 71.7 Å². The number of halogens is 7. The zero-order chi connectivity index (χ0) is 34.1. The van der Waals surface area contributed by atoms with Crippen molar-refractivity contribution in [2.75, 3.05) is 7.11 Å². The second kappa shape index (κ2) is 11.6. The van der Waals surface area contributed by atoms with E-state index in [2.05, 4.69) is 25.6 Å². The third-order valence-corrected chi connectivity index (χ3v) is 8.95. The molecule has 0 radical (unpaired) electrons. The monoisotopic (exact) mass is 688 g/mol. The average Bonchev–Trinajstić information content (AvgIpc) is 3.44. The van der Waals surface area contributed by atoms with E-state index >= 15 is 8.78 Å². The molecule has 3 aromatic heterocycles. The molecule has 1 amide bonds. The zero-order valence-corrected chi connectivity index (χ0v) is 25.5. The van der Waals surface area contributed by atoms with Crippen molar-refractivity contribution >= 4 is 34.5 Å². The highest BCUT2D eigenvalue weighted by molar-refractivity contribution is 6.33. The van der Waals surface area contributed by atoms with Crippen molar-refractivity contribution < 1.29 is 40.7 Å². The largest absolute Gasteiger partial charge is 0.465 e. The van der Waals surface area contributed by atoms with Crippen LogP contribution < -0.4 is 5.32 Å². The molecule has 248 valence electrons. The summed E-state index contributed by atoms with van der Waals surface area (Å²) in [6, 6.07) is 7.68. The minimum Gasteiger partial charge on any atom is -0.465 e. The van der Waals surface area contributed by atoms with E-state index in [0.717, 1.165) is 12.1 Å². The minimum absolute atomic E-state index is 0.0152. The smallest absolute Gasteiger partial charge is 0.339 e. The summed E-state index contributed by atoms with van der Waals surface area (Å²) >= 11 is 6.24. The summed E-state index contributed by atoms with van der Waals surface area (Å²) in [4.78, 5) is 30.7. The van der Waals surface area contributed by atoms with Gasteiger partial charge in [0.25, 0.3) is 12.3 Å². The molecule has 0 aliphatic heterocycles. The number of nitrogens with one attached hydrogen (secondary N) is 2. The number of rotatable bonds is 9. The number of H-pyrrole nitrogens is 1. The van der Waals surface area contributed by atoms with Gasteiger partial charge in [0.05, 0.1) is 41.1 Å². The number of hydrogen-bond donors (Lipinski definition) is 2. The number of methoxy groups -OCH3 is 1. The molecular weight excluding hydrogens is 666 g/mol. The summed E-state index contributed by atoms with van der Waals surface area (Å²) in [5.41, 5.74) is 0.0569. The number of fused-ring (bicyclic) bond motifs is 4. The van der Waals surface area contributed by atoms with Crippen LogP contribution in [-0.4, -0.2) is 43.9 Å². The van der Waals surface area contributed by atoms with Gasteiger partial charge in [-0.2, -0.15) is 19.0 Å². The van der Waals surface area contributed by atoms with Crippen LogP contribution in [0.1, 0.15) is 63.4 Å². The Hall–Kier alpha value is -4.92. The number of carbonyl (C=O) groups is 2. The Morgan fingerprint density at radius 1 is 1.12 bits per heavy atom. The molecular formula is C32H23ClF6N6O3. The minimum atomic E-state index is -3.45. The molecule has 7 rings (SSSR count). The molecule has 9 nitrogen and oxygen atoms in total. The molecule has 2 aliphatic rings. The first-order valence-corrected chi connectivity index (χ1v) is 15.0. The van der Waals surface area contributed by atoms with Crippen LogP contribution in [0.2, 0.25) is 5.02 Å². The lowest BCUT2D eigenvalue weighted by Gasteiger charge is -2.23. The van der Waals surface area contributed by atoms with Gasteiger partial charge in [0.15, 0.2) is 0 Å². The normalized spacial score (nSPS) is 18.1. The summed E-state index contributed by atoms with van der Waals surface area (Å²) in [5.74, 6) is -8.76. The molecule has 1 unspecified atom stereocenters. The summed E-state index contributed by atoms with van der Waals surface area (Å²) in [6.45, 7) is -0.852. The molecule has 0 saturated heterocycles. The molecule has 3 heterocycles. The van der Waals surface area contributed by atoms with Crippen LogP contribution >= 0.6 is 11.6 Å². The summed E-state index contributed by atoms with van der Waals surface area (Å²) in [7, 11) is 1.18. The second-order valence-corrected chi connectivity index (χ2v) is 12.1. The number of esters is 1. The lowest BCUT2D eigenvalue weighted by atomic mass is 9.94. The van der Waals surface area contributed by atoms with Gasteiger partial charge in [-0.3, -0.25) is 14.6 Å². The van der Waals surface area contributed by atoms with Crippen LogP contribution in [-0.2, 0) is 28.4 Å². The molecule has 2 aromatic carbocycles. The van der Waals surface area contributed by atoms with Crippen LogP contribution in [0.4, 0.5) is 26.3 Å². The highest BCUT2D eigenvalue weighted by Gasteiger charge is 2.67. The van der Waals surface area contributed by atoms with Crippen molar-refractivity contribution in [3.05, 3.63) is 99.1 Å². The lowest BCUT2D eigenvalue weighted by molar-refractivity contribution is -0.123. The lowest BCUT2D eigenvalue weighted by Crippen LogP contribution is -2.35. The number of amides is 1. The van der Waals surface area contributed by atoms with Crippen molar-refractivity contribution in [3.8, 4) is 11.1 Å². The number of benzene rings is 2. The quantitative estimate of drug-likeness (QED) is 0.130. The van der Waals surface area contributed by atoms with E-state index in [1.165, 1.54) is 25.4 Å². The maximum absolute atomic E-state index is 15.2. The molecule has 1 saturated carbocycles. The van der Waals surface area contributed by atoms with Gasteiger partial charge in [0.2, 0.25) is 5.91 Å². The third kappa shape index (κ3) is 5.45. The number of alkyl halides is 4.